The topological polar surface area (TPSA) is 114 Å². The first-order valence-corrected chi connectivity index (χ1v) is 15.9. The zero-order valence-corrected chi connectivity index (χ0v) is 23.9. The third-order valence-corrected chi connectivity index (χ3v) is 11.9. The molecule has 3 saturated carbocycles. The molecular weight excluding hydrogens is 583 g/mol. The third kappa shape index (κ3) is 5.06. The number of carbonyl (C=O) groups is 2. The number of nitrogens with one attached hydrogen (secondary N) is 1. The van der Waals surface area contributed by atoms with Crippen LogP contribution in [0.5, 0.6) is 0 Å². The number of anilines is 1. The Bertz CT molecular complexity index is 1410. The van der Waals surface area contributed by atoms with Crippen molar-refractivity contribution in [3.63, 3.8) is 0 Å². The Balaban J connectivity index is 1.23. The summed E-state index contributed by atoms with van der Waals surface area (Å²) in [6.45, 7) is 2.80. The molecule has 0 spiro atoms. The van der Waals surface area contributed by atoms with Crippen molar-refractivity contribution in [1.82, 2.24) is 15.1 Å². The number of nitrogens with zero attached hydrogens (tertiary/aromatic N) is 4. The highest BCUT2D eigenvalue weighted by atomic mass is 35.5. The Labute approximate surface area is 241 Å². The average Bonchev–Trinajstić information content (AvgIpc) is 3.81. The van der Waals surface area contributed by atoms with Gasteiger partial charge in [-0.1, -0.05) is 11.6 Å². The Morgan fingerprint density at radius 3 is 2.24 bits per heavy atom. The van der Waals surface area contributed by atoms with Crippen molar-refractivity contribution in [3.8, 4) is 6.07 Å². The van der Waals surface area contributed by atoms with Crippen molar-refractivity contribution in [2.75, 3.05) is 37.6 Å². The second-order valence-electron chi connectivity index (χ2n) is 12.0. The number of hydrogen-bond donors (Lipinski definition) is 1. The molecule has 41 heavy (non-hydrogen) atoms. The maximum Gasteiger partial charge on any atom is 0.403 e. The van der Waals surface area contributed by atoms with Crippen molar-refractivity contribution in [2.24, 2.45) is 5.41 Å². The van der Waals surface area contributed by atoms with E-state index in [0.717, 1.165) is 36.8 Å². The van der Waals surface area contributed by atoms with Crippen molar-refractivity contribution in [2.45, 2.75) is 78.9 Å². The summed E-state index contributed by atoms with van der Waals surface area (Å²) in [5, 5.41) is 10.5. The molecule has 5 aliphatic rings. The second kappa shape index (κ2) is 9.74. The predicted molar refractivity (Wildman–Crippen MR) is 143 cm³/mol. The van der Waals surface area contributed by atoms with Crippen LogP contribution in [-0.4, -0.2) is 91.8 Å². The van der Waals surface area contributed by atoms with Crippen LogP contribution >= 0.6 is 11.6 Å². The zero-order chi connectivity index (χ0) is 29.4. The predicted octanol–water partition coefficient (Wildman–Crippen LogP) is 2.88. The van der Waals surface area contributed by atoms with Gasteiger partial charge in [-0.15, -0.1) is 0 Å². The molecule has 3 aliphatic carbocycles. The quantitative estimate of drug-likeness (QED) is 0.503. The molecule has 6 rings (SSSR count). The van der Waals surface area contributed by atoms with E-state index in [0.29, 0.717) is 18.9 Å². The van der Waals surface area contributed by atoms with E-state index < -0.39 is 75.9 Å². The minimum absolute atomic E-state index is 0.0201. The molecule has 0 bridgehead atoms. The van der Waals surface area contributed by atoms with Gasteiger partial charge in [0.2, 0.25) is 11.8 Å². The van der Waals surface area contributed by atoms with E-state index in [2.05, 4.69) is 15.1 Å². The van der Waals surface area contributed by atoms with E-state index in [1.165, 1.54) is 18.9 Å². The van der Waals surface area contributed by atoms with Crippen molar-refractivity contribution < 1.29 is 31.2 Å². The van der Waals surface area contributed by atoms with Crippen LogP contribution in [0.2, 0.25) is 5.02 Å². The number of hydrogen-bond acceptors (Lipinski definition) is 7. The molecule has 0 aromatic heterocycles. The Hall–Kier alpha value is -2.56. The van der Waals surface area contributed by atoms with Gasteiger partial charge in [0.25, 0.3) is 0 Å². The van der Waals surface area contributed by atoms with E-state index in [4.69, 9.17) is 11.6 Å². The van der Waals surface area contributed by atoms with Gasteiger partial charge in [-0.05, 0) is 63.1 Å². The fourth-order valence-electron chi connectivity index (χ4n) is 6.10. The molecular formula is C27H31ClF3N5O4S. The highest BCUT2D eigenvalue weighted by molar-refractivity contribution is 7.92. The molecule has 0 radical (unpaired) electrons. The van der Waals surface area contributed by atoms with Crippen LogP contribution in [0.3, 0.4) is 0 Å². The molecule has 2 saturated heterocycles. The minimum Gasteiger partial charge on any atom is -0.369 e. The second-order valence-corrected chi connectivity index (χ2v) is 14.6. The first-order valence-electron chi connectivity index (χ1n) is 13.9. The van der Waals surface area contributed by atoms with E-state index in [-0.39, 0.29) is 9.92 Å². The minimum atomic E-state index is -4.82. The standard InChI is InChI=1S/C27H31ClF3N5O4S/c28-20-13-18(35-11-9-34(10-12-35)17-1-2-17)3-4-22(20)41(39,40)19-14-21(23(37)33-25(16-32)5-6-25)36(15-19)24(38)26(7-8-26)27(29,30)31/h3-4,13,17,19,21H,1-2,5-12,14-15H2,(H,33,37). The molecule has 5 fully saturated rings. The summed E-state index contributed by atoms with van der Waals surface area (Å²) in [6, 6.07) is 5.83. The molecule has 222 valence electrons. The molecule has 2 amide bonds. The molecule has 1 N–H and O–H groups in total. The number of likely N-dealkylation sites (tertiary alicyclic amines) is 1. The molecule has 1 aromatic carbocycles. The molecule has 2 heterocycles. The SMILES string of the molecule is N#CC1(NC(=O)C2CC(S(=O)(=O)c3ccc(N4CCN(C5CC5)CC4)cc3Cl)CN2C(=O)C2(C(F)(F)F)CC2)CC1. The van der Waals surface area contributed by atoms with Gasteiger partial charge in [0.05, 0.1) is 21.2 Å². The van der Waals surface area contributed by atoms with E-state index in [1.54, 1.807) is 12.1 Å². The monoisotopic (exact) mass is 613 g/mol. The summed E-state index contributed by atoms with van der Waals surface area (Å²) in [6.07, 6.45) is -2.84. The molecule has 1 aromatic rings. The van der Waals surface area contributed by atoms with Crippen molar-refractivity contribution >= 4 is 38.9 Å². The van der Waals surface area contributed by atoms with Crippen molar-refractivity contribution in [3.05, 3.63) is 23.2 Å². The van der Waals surface area contributed by atoms with E-state index in [1.807, 2.05) is 6.07 Å². The van der Waals surface area contributed by atoms with Crippen LogP contribution in [0, 0.1) is 16.7 Å². The molecule has 9 nitrogen and oxygen atoms in total. The highest BCUT2D eigenvalue weighted by Gasteiger charge is 2.70. The number of piperazine rings is 1. The van der Waals surface area contributed by atoms with Crippen LogP contribution in [0.4, 0.5) is 18.9 Å². The normalized spacial score (nSPS) is 27.3. The van der Waals surface area contributed by atoms with Crippen LogP contribution in [0.25, 0.3) is 0 Å². The maximum absolute atomic E-state index is 13.8. The van der Waals surface area contributed by atoms with Gasteiger partial charge in [0, 0.05) is 44.5 Å². The number of carbonyl (C=O) groups excluding carboxylic acids is 2. The summed E-state index contributed by atoms with van der Waals surface area (Å²) in [4.78, 5) is 31.6. The number of benzene rings is 1. The Morgan fingerprint density at radius 1 is 1.07 bits per heavy atom. The van der Waals surface area contributed by atoms with Crippen LogP contribution in [0.15, 0.2) is 23.1 Å². The van der Waals surface area contributed by atoms with Gasteiger partial charge in [-0.2, -0.15) is 18.4 Å². The van der Waals surface area contributed by atoms with Gasteiger partial charge in [-0.25, -0.2) is 8.42 Å². The lowest BCUT2D eigenvalue weighted by molar-refractivity contribution is -0.199. The lowest BCUT2D eigenvalue weighted by Crippen LogP contribution is -2.53. The summed E-state index contributed by atoms with van der Waals surface area (Å²) >= 11 is 6.49. The Kier molecular flexibility index (Phi) is 6.78. The summed E-state index contributed by atoms with van der Waals surface area (Å²) in [7, 11) is -4.23. The smallest absolute Gasteiger partial charge is 0.369 e. The fraction of sp³-hybridized carbons (Fsp3) is 0.667. The average molecular weight is 614 g/mol. The number of alkyl halides is 3. The van der Waals surface area contributed by atoms with Gasteiger partial charge in [-0.3, -0.25) is 14.5 Å². The van der Waals surface area contributed by atoms with E-state index >= 15 is 0 Å². The van der Waals surface area contributed by atoms with Gasteiger partial charge < -0.3 is 15.1 Å². The third-order valence-electron chi connectivity index (χ3n) is 9.26. The molecule has 2 atom stereocenters. The number of sulfone groups is 1. The number of halogens is 4. The molecule has 2 unspecified atom stereocenters. The Morgan fingerprint density at radius 2 is 1.73 bits per heavy atom. The number of nitriles is 1. The fourth-order valence-corrected chi connectivity index (χ4v) is 8.34. The van der Waals surface area contributed by atoms with E-state index in [9.17, 15) is 36.4 Å². The summed E-state index contributed by atoms with van der Waals surface area (Å²) in [5.41, 5.74) is -2.97. The van der Waals surface area contributed by atoms with Gasteiger partial charge in [0.1, 0.15) is 17.0 Å². The molecule has 14 heteroatoms. The number of amides is 2. The first-order chi connectivity index (χ1) is 19.3. The highest BCUT2D eigenvalue weighted by Crippen LogP contribution is 2.59. The van der Waals surface area contributed by atoms with Crippen LogP contribution in [-0.2, 0) is 19.4 Å². The lowest BCUT2D eigenvalue weighted by atomic mass is 10.0. The zero-order valence-electron chi connectivity index (χ0n) is 22.3. The largest absolute Gasteiger partial charge is 0.403 e. The first kappa shape index (κ1) is 28.6. The summed E-state index contributed by atoms with van der Waals surface area (Å²) in [5.74, 6) is -2.11. The van der Waals surface area contributed by atoms with Gasteiger partial charge in [0.15, 0.2) is 9.84 Å². The lowest BCUT2D eigenvalue weighted by Gasteiger charge is -2.36. The number of rotatable bonds is 7. The van der Waals surface area contributed by atoms with Crippen LogP contribution < -0.4 is 10.2 Å². The maximum atomic E-state index is 13.8. The van der Waals surface area contributed by atoms with Gasteiger partial charge >= 0.3 is 6.18 Å². The van der Waals surface area contributed by atoms with Crippen LogP contribution in [0.1, 0.15) is 44.9 Å². The molecule has 2 aliphatic heterocycles. The van der Waals surface area contributed by atoms with Crippen molar-refractivity contribution in [1.29, 1.82) is 5.26 Å². The summed E-state index contributed by atoms with van der Waals surface area (Å²) < 4.78 is 69.0.